The molecule has 3 aromatic rings. The second-order valence-corrected chi connectivity index (χ2v) is 7.18. The van der Waals surface area contributed by atoms with Crippen molar-refractivity contribution in [3.05, 3.63) is 100 Å². The maximum absolute atomic E-state index is 11.6. The average Bonchev–Trinajstić information content (AvgIpc) is 3.05. The van der Waals surface area contributed by atoms with E-state index in [2.05, 4.69) is 17.2 Å². The van der Waals surface area contributed by atoms with Crippen molar-refractivity contribution in [3.63, 3.8) is 0 Å². The third-order valence-corrected chi connectivity index (χ3v) is 5.00. The van der Waals surface area contributed by atoms with Crippen LogP contribution in [0.4, 0.5) is 4.79 Å². The number of hydrogen-bond acceptors (Lipinski definition) is 3. The summed E-state index contributed by atoms with van der Waals surface area (Å²) < 4.78 is 0. The lowest BCUT2D eigenvalue weighted by Gasteiger charge is -2.03. The highest BCUT2D eigenvalue weighted by Gasteiger charge is 2.24. The second-order valence-electron chi connectivity index (χ2n) is 6.17. The minimum absolute atomic E-state index is 0.330. The summed E-state index contributed by atoms with van der Waals surface area (Å²) in [5, 5.41) is 1.93. The Hall–Kier alpha value is -3.55. The summed E-state index contributed by atoms with van der Waals surface area (Å²) in [6, 6.07) is 25.9. The van der Waals surface area contributed by atoms with E-state index >= 15 is 0 Å². The highest BCUT2D eigenvalue weighted by molar-refractivity contribution is 8.18. The normalized spacial score (nSPS) is 14.5. The second kappa shape index (κ2) is 7.99. The van der Waals surface area contributed by atoms with Crippen LogP contribution in [0.2, 0.25) is 0 Å². The van der Waals surface area contributed by atoms with Crippen molar-refractivity contribution >= 4 is 29.0 Å². The van der Waals surface area contributed by atoms with E-state index in [1.807, 2.05) is 78.9 Å². The Kier molecular flexibility index (Phi) is 5.09. The van der Waals surface area contributed by atoms with Crippen molar-refractivity contribution in [1.82, 2.24) is 5.32 Å². The molecule has 1 aliphatic rings. The first-order valence-electron chi connectivity index (χ1n) is 8.70. The standard InChI is InChI=1S/C24H15NO2S/c26-23-22(28-24(27)25-23)16-19-10-14-21(15-11-19)20-12-8-18(9-13-20)7-6-17-4-2-1-3-5-17/h1-5,8-16H,(H,25,26,27)/b22-16-. The molecule has 134 valence electrons. The molecule has 1 saturated heterocycles. The number of benzene rings is 3. The average molecular weight is 381 g/mol. The van der Waals surface area contributed by atoms with Gasteiger partial charge in [0.2, 0.25) is 0 Å². The molecule has 4 heteroatoms. The fraction of sp³-hybridized carbons (Fsp3) is 0. The number of amides is 2. The summed E-state index contributed by atoms with van der Waals surface area (Å²) in [7, 11) is 0. The Morgan fingerprint density at radius 1 is 0.714 bits per heavy atom. The zero-order valence-electron chi connectivity index (χ0n) is 14.8. The van der Waals surface area contributed by atoms with Crippen LogP contribution < -0.4 is 5.32 Å². The molecule has 2 amide bonds. The number of imide groups is 1. The molecule has 0 aliphatic carbocycles. The van der Waals surface area contributed by atoms with E-state index in [9.17, 15) is 9.59 Å². The topological polar surface area (TPSA) is 46.2 Å². The molecule has 1 aliphatic heterocycles. The van der Waals surface area contributed by atoms with Crippen LogP contribution in [0.1, 0.15) is 16.7 Å². The van der Waals surface area contributed by atoms with Gasteiger partial charge in [0.15, 0.2) is 0 Å². The molecule has 0 spiro atoms. The van der Waals surface area contributed by atoms with Gasteiger partial charge in [-0.25, -0.2) is 0 Å². The summed E-state index contributed by atoms with van der Waals surface area (Å²) in [6.07, 6.45) is 1.72. The quantitative estimate of drug-likeness (QED) is 0.497. The molecule has 1 N–H and O–H groups in total. The fourth-order valence-corrected chi connectivity index (χ4v) is 3.44. The summed E-state index contributed by atoms with van der Waals surface area (Å²) in [4.78, 5) is 23.3. The molecule has 0 radical (unpaired) electrons. The minimum Gasteiger partial charge on any atom is -0.282 e. The SMILES string of the molecule is O=C1NC(=O)/C(=C/c2ccc(-c3ccc(C#Cc4ccccc4)cc3)cc2)S1. The third-order valence-electron chi connectivity index (χ3n) is 4.19. The van der Waals surface area contributed by atoms with Gasteiger partial charge < -0.3 is 0 Å². The predicted octanol–water partition coefficient (Wildman–Crippen LogP) is 5.08. The number of carbonyl (C=O) groups is 2. The van der Waals surface area contributed by atoms with Gasteiger partial charge in [-0.05, 0) is 58.8 Å². The van der Waals surface area contributed by atoms with E-state index in [0.29, 0.717) is 4.91 Å². The maximum atomic E-state index is 11.6. The van der Waals surface area contributed by atoms with E-state index in [1.165, 1.54) is 0 Å². The number of nitrogens with one attached hydrogen (secondary N) is 1. The molecule has 1 fully saturated rings. The smallest absolute Gasteiger partial charge is 0.282 e. The molecular weight excluding hydrogens is 366 g/mol. The zero-order valence-corrected chi connectivity index (χ0v) is 15.6. The van der Waals surface area contributed by atoms with Crippen molar-refractivity contribution in [3.8, 4) is 23.0 Å². The van der Waals surface area contributed by atoms with Crippen LogP contribution in [0.15, 0.2) is 83.8 Å². The van der Waals surface area contributed by atoms with E-state index in [0.717, 1.165) is 39.6 Å². The Labute approximate surface area is 167 Å². The van der Waals surface area contributed by atoms with Crippen molar-refractivity contribution in [2.45, 2.75) is 0 Å². The van der Waals surface area contributed by atoms with E-state index in [1.54, 1.807) is 6.08 Å². The largest absolute Gasteiger partial charge is 0.290 e. The first kappa shape index (κ1) is 17.8. The van der Waals surface area contributed by atoms with Gasteiger partial charge in [0.1, 0.15) is 0 Å². The Bertz CT molecular complexity index is 1120. The van der Waals surface area contributed by atoms with Crippen molar-refractivity contribution < 1.29 is 9.59 Å². The van der Waals surface area contributed by atoms with Gasteiger partial charge >= 0.3 is 0 Å². The van der Waals surface area contributed by atoms with Gasteiger partial charge in [0, 0.05) is 11.1 Å². The third kappa shape index (κ3) is 4.22. The van der Waals surface area contributed by atoms with Crippen molar-refractivity contribution in [1.29, 1.82) is 0 Å². The monoisotopic (exact) mass is 381 g/mol. The first-order chi connectivity index (χ1) is 13.7. The molecular formula is C24H15NO2S. The molecule has 3 aromatic carbocycles. The number of hydrogen-bond donors (Lipinski definition) is 1. The van der Waals surface area contributed by atoms with Crippen LogP contribution in [0.25, 0.3) is 17.2 Å². The van der Waals surface area contributed by atoms with Crippen LogP contribution in [0.5, 0.6) is 0 Å². The lowest BCUT2D eigenvalue weighted by atomic mass is 10.0. The van der Waals surface area contributed by atoms with Gasteiger partial charge in [-0.2, -0.15) is 0 Å². The van der Waals surface area contributed by atoms with Gasteiger partial charge in [-0.15, -0.1) is 0 Å². The Balaban J connectivity index is 1.49. The molecule has 0 saturated carbocycles. The van der Waals surface area contributed by atoms with Crippen LogP contribution in [0, 0.1) is 11.8 Å². The zero-order chi connectivity index (χ0) is 19.3. The summed E-state index contributed by atoms with van der Waals surface area (Å²) in [6.45, 7) is 0. The number of rotatable bonds is 2. The molecule has 0 bridgehead atoms. The first-order valence-corrected chi connectivity index (χ1v) is 9.51. The van der Waals surface area contributed by atoms with E-state index < -0.39 is 0 Å². The summed E-state index contributed by atoms with van der Waals surface area (Å²) in [5.41, 5.74) is 4.99. The van der Waals surface area contributed by atoms with Crippen molar-refractivity contribution in [2.75, 3.05) is 0 Å². The van der Waals surface area contributed by atoms with Crippen LogP contribution >= 0.6 is 11.8 Å². The van der Waals surface area contributed by atoms with Gasteiger partial charge in [-0.1, -0.05) is 66.4 Å². The summed E-state index contributed by atoms with van der Waals surface area (Å²) >= 11 is 0.922. The van der Waals surface area contributed by atoms with Gasteiger partial charge in [0.25, 0.3) is 11.1 Å². The maximum Gasteiger partial charge on any atom is 0.290 e. The number of thioether (sulfide) groups is 1. The van der Waals surface area contributed by atoms with Gasteiger partial charge in [0.05, 0.1) is 4.91 Å². The lowest BCUT2D eigenvalue weighted by Crippen LogP contribution is -2.17. The lowest BCUT2D eigenvalue weighted by molar-refractivity contribution is -0.115. The highest BCUT2D eigenvalue weighted by Crippen LogP contribution is 2.27. The van der Waals surface area contributed by atoms with Crippen molar-refractivity contribution in [2.24, 2.45) is 0 Å². The molecule has 3 nitrogen and oxygen atoms in total. The van der Waals surface area contributed by atoms with Crippen LogP contribution in [-0.2, 0) is 4.79 Å². The number of carbonyl (C=O) groups excluding carboxylic acids is 2. The summed E-state index contributed by atoms with van der Waals surface area (Å²) in [5.74, 6) is 5.98. The van der Waals surface area contributed by atoms with E-state index in [-0.39, 0.29) is 11.1 Å². The Morgan fingerprint density at radius 3 is 1.86 bits per heavy atom. The van der Waals surface area contributed by atoms with Crippen LogP contribution in [0.3, 0.4) is 0 Å². The molecule has 0 aromatic heterocycles. The minimum atomic E-state index is -0.341. The molecule has 4 rings (SSSR count). The highest BCUT2D eigenvalue weighted by atomic mass is 32.2. The fourth-order valence-electron chi connectivity index (χ4n) is 2.76. The predicted molar refractivity (Wildman–Crippen MR) is 113 cm³/mol. The molecule has 1 heterocycles. The van der Waals surface area contributed by atoms with Gasteiger partial charge in [-0.3, -0.25) is 14.9 Å². The molecule has 28 heavy (non-hydrogen) atoms. The molecule has 0 atom stereocenters. The Morgan fingerprint density at radius 2 is 1.29 bits per heavy atom. The molecule has 0 unspecified atom stereocenters. The van der Waals surface area contributed by atoms with E-state index in [4.69, 9.17) is 0 Å². The van der Waals surface area contributed by atoms with Crippen LogP contribution in [-0.4, -0.2) is 11.1 Å².